The van der Waals surface area contributed by atoms with Gasteiger partial charge in [0.25, 0.3) is 0 Å². The molecule has 0 radical (unpaired) electrons. The maximum atomic E-state index is 11.6. The maximum absolute atomic E-state index is 11.6. The molecule has 2 N–H and O–H groups in total. The van der Waals surface area contributed by atoms with E-state index >= 15 is 0 Å². The first-order valence-corrected chi connectivity index (χ1v) is 8.46. The Morgan fingerprint density at radius 1 is 1.19 bits per heavy atom. The lowest BCUT2D eigenvalue weighted by Gasteiger charge is -2.12. The number of sulfone groups is 1. The molecule has 2 aromatic rings. The van der Waals surface area contributed by atoms with Crippen molar-refractivity contribution < 1.29 is 13.2 Å². The van der Waals surface area contributed by atoms with Crippen molar-refractivity contribution in [3.8, 4) is 11.5 Å². The van der Waals surface area contributed by atoms with Gasteiger partial charge in [-0.2, -0.15) is 0 Å². The number of hydrogen-bond acceptors (Lipinski definition) is 4. The summed E-state index contributed by atoms with van der Waals surface area (Å²) in [5, 5.41) is 0. The van der Waals surface area contributed by atoms with Gasteiger partial charge >= 0.3 is 0 Å². The van der Waals surface area contributed by atoms with Crippen LogP contribution in [0.5, 0.6) is 11.5 Å². The number of rotatable bonds is 4. The third kappa shape index (κ3) is 3.80. The average Bonchev–Trinajstić information content (AvgIpc) is 2.37. The summed E-state index contributed by atoms with van der Waals surface area (Å²) in [6, 6.07) is 11.8. The summed E-state index contributed by atoms with van der Waals surface area (Å²) in [6.07, 6.45) is 1.15. The molecule has 21 heavy (non-hydrogen) atoms. The molecule has 0 aliphatic rings. The van der Waals surface area contributed by atoms with Crippen molar-refractivity contribution in [2.45, 2.75) is 11.8 Å². The summed E-state index contributed by atoms with van der Waals surface area (Å²) in [5.41, 5.74) is 7.27. The highest BCUT2D eigenvalue weighted by Gasteiger charge is 2.11. The van der Waals surface area contributed by atoms with E-state index in [-0.39, 0.29) is 9.88 Å². The molecule has 0 saturated heterocycles. The highest BCUT2D eigenvalue weighted by atomic mass is 32.2. The third-order valence-corrected chi connectivity index (χ3v) is 4.19. The Morgan fingerprint density at radius 3 is 2.52 bits per heavy atom. The van der Waals surface area contributed by atoms with Crippen LogP contribution < -0.4 is 10.5 Å². The first kappa shape index (κ1) is 15.5. The van der Waals surface area contributed by atoms with Gasteiger partial charge < -0.3 is 10.5 Å². The van der Waals surface area contributed by atoms with Crippen LogP contribution in [-0.4, -0.2) is 19.7 Å². The SMILES string of the molecule is Cc1ccc(C(N)=S)c(Oc2cccc(S(C)(=O)=O)c2)c1. The predicted octanol–water partition coefficient (Wildman–Crippen LogP) is 2.83. The summed E-state index contributed by atoms with van der Waals surface area (Å²) < 4.78 is 28.9. The summed E-state index contributed by atoms with van der Waals surface area (Å²) >= 11 is 5.00. The zero-order valence-corrected chi connectivity index (χ0v) is 13.3. The Hall–Kier alpha value is -1.92. The van der Waals surface area contributed by atoms with E-state index in [1.165, 1.54) is 12.1 Å². The lowest BCUT2D eigenvalue weighted by molar-refractivity contribution is 0.479. The molecular formula is C15H15NO3S2. The van der Waals surface area contributed by atoms with Gasteiger partial charge in [0.1, 0.15) is 16.5 Å². The normalized spacial score (nSPS) is 11.1. The molecule has 0 atom stereocenters. The maximum Gasteiger partial charge on any atom is 0.175 e. The van der Waals surface area contributed by atoms with E-state index in [0.29, 0.717) is 17.1 Å². The smallest absolute Gasteiger partial charge is 0.175 e. The Morgan fingerprint density at radius 2 is 1.90 bits per heavy atom. The van der Waals surface area contributed by atoms with Crippen molar-refractivity contribution in [2.24, 2.45) is 5.73 Å². The number of hydrogen-bond donors (Lipinski definition) is 1. The Bertz CT molecular complexity index is 798. The van der Waals surface area contributed by atoms with Gasteiger partial charge in [0, 0.05) is 6.26 Å². The van der Waals surface area contributed by atoms with Crippen LogP contribution in [0, 0.1) is 6.92 Å². The van der Waals surface area contributed by atoms with Crippen LogP contribution >= 0.6 is 12.2 Å². The van der Waals surface area contributed by atoms with Gasteiger partial charge in [-0.1, -0.05) is 24.4 Å². The second kappa shape index (κ2) is 5.83. The number of benzene rings is 2. The molecule has 0 fully saturated rings. The number of nitrogens with two attached hydrogens (primary N) is 1. The van der Waals surface area contributed by atoms with Gasteiger partial charge in [0.2, 0.25) is 0 Å². The lowest BCUT2D eigenvalue weighted by Crippen LogP contribution is -2.10. The minimum atomic E-state index is -3.28. The average molecular weight is 321 g/mol. The summed E-state index contributed by atoms with van der Waals surface area (Å²) in [7, 11) is -3.28. The molecule has 0 spiro atoms. The molecule has 2 aromatic carbocycles. The number of aryl methyl sites for hydroxylation is 1. The van der Waals surface area contributed by atoms with Crippen molar-refractivity contribution in [3.63, 3.8) is 0 Å². The molecule has 4 nitrogen and oxygen atoms in total. The molecule has 110 valence electrons. The number of ether oxygens (including phenoxy) is 1. The highest BCUT2D eigenvalue weighted by molar-refractivity contribution is 7.90. The standard InChI is InChI=1S/C15H15NO3S2/c1-10-6-7-13(15(16)20)14(8-10)19-11-4-3-5-12(9-11)21(2,17)18/h3-9H,1-2H3,(H2,16,20). The van der Waals surface area contributed by atoms with E-state index in [1.54, 1.807) is 18.2 Å². The monoisotopic (exact) mass is 321 g/mol. The molecule has 0 amide bonds. The molecular weight excluding hydrogens is 306 g/mol. The highest BCUT2D eigenvalue weighted by Crippen LogP contribution is 2.28. The predicted molar refractivity (Wildman–Crippen MR) is 86.7 cm³/mol. The van der Waals surface area contributed by atoms with Crippen molar-refractivity contribution >= 4 is 27.0 Å². The lowest BCUT2D eigenvalue weighted by atomic mass is 10.1. The van der Waals surface area contributed by atoms with Crippen molar-refractivity contribution in [1.29, 1.82) is 0 Å². The van der Waals surface area contributed by atoms with Crippen LogP contribution in [0.4, 0.5) is 0 Å². The fraction of sp³-hybridized carbons (Fsp3) is 0.133. The minimum absolute atomic E-state index is 0.199. The van der Waals surface area contributed by atoms with Gasteiger partial charge in [0.05, 0.1) is 10.5 Å². The van der Waals surface area contributed by atoms with Crippen LogP contribution in [0.15, 0.2) is 47.4 Å². The molecule has 2 rings (SSSR count). The Kier molecular flexibility index (Phi) is 4.29. The fourth-order valence-electron chi connectivity index (χ4n) is 1.81. The zero-order valence-electron chi connectivity index (χ0n) is 11.7. The zero-order chi connectivity index (χ0) is 15.6. The Balaban J connectivity index is 2.43. The summed E-state index contributed by atoms with van der Waals surface area (Å²) in [5.74, 6) is 0.925. The van der Waals surface area contributed by atoms with E-state index < -0.39 is 9.84 Å². The molecule has 0 saturated carbocycles. The molecule has 0 bridgehead atoms. The van der Waals surface area contributed by atoms with Crippen molar-refractivity contribution in [3.05, 3.63) is 53.6 Å². The molecule has 0 unspecified atom stereocenters. The molecule has 0 aliphatic heterocycles. The van der Waals surface area contributed by atoms with E-state index in [2.05, 4.69) is 0 Å². The third-order valence-electron chi connectivity index (χ3n) is 2.86. The van der Waals surface area contributed by atoms with Crippen LogP contribution in [-0.2, 0) is 9.84 Å². The quantitative estimate of drug-likeness (QED) is 0.877. The van der Waals surface area contributed by atoms with Crippen LogP contribution in [0.25, 0.3) is 0 Å². The first-order chi connectivity index (χ1) is 9.77. The van der Waals surface area contributed by atoms with E-state index in [0.717, 1.165) is 11.8 Å². The van der Waals surface area contributed by atoms with Gasteiger partial charge in [0.15, 0.2) is 9.84 Å². The summed E-state index contributed by atoms with van der Waals surface area (Å²) in [6.45, 7) is 1.92. The van der Waals surface area contributed by atoms with Gasteiger partial charge in [-0.05, 0) is 42.8 Å². The van der Waals surface area contributed by atoms with E-state index in [4.69, 9.17) is 22.7 Å². The topological polar surface area (TPSA) is 69.4 Å². The fourth-order valence-corrected chi connectivity index (χ4v) is 2.64. The largest absolute Gasteiger partial charge is 0.457 e. The van der Waals surface area contributed by atoms with E-state index in [1.807, 2.05) is 19.1 Å². The van der Waals surface area contributed by atoms with Crippen LogP contribution in [0.1, 0.15) is 11.1 Å². The van der Waals surface area contributed by atoms with Gasteiger partial charge in [-0.15, -0.1) is 0 Å². The van der Waals surface area contributed by atoms with Gasteiger partial charge in [-0.3, -0.25) is 0 Å². The molecule has 0 aromatic heterocycles. The second-order valence-corrected chi connectivity index (χ2v) is 7.17. The first-order valence-electron chi connectivity index (χ1n) is 6.16. The second-order valence-electron chi connectivity index (χ2n) is 4.71. The number of thiocarbonyl (C=S) groups is 1. The van der Waals surface area contributed by atoms with Crippen molar-refractivity contribution in [1.82, 2.24) is 0 Å². The molecule has 6 heteroatoms. The van der Waals surface area contributed by atoms with Crippen molar-refractivity contribution in [2.75, 3.05) is 6.26 Å². The van der Waals surface area contributed by atoms with E-state index in [9.17, 15) is 8.42 Å². The molecule has 0 heterocycles. The van der Waals surface area contributed by atoms with Gasteiger partial charge in [-0.25, -0.2) is 8.42 Å². The Labute approximate surface area is 129 Å². The summed E-state index contributed by atoms with van der Waals surface area (Å²) in [4.78, 5) is 0.425. The van der Waals surface area contributed by atoms with Crippen LogP contribution in [0.3, 0.4) is 0 Å². The molecule has 0 aliphatic carbocycles. The van der Waals surface area contributed by atoms with Crippen LogP contribution in [0.2, 0.25) is 0 Å². The minimum Gasteiger partial charge on any atom is -0.457 e.